The Labute approximate surface area is 115 Å². The second kappa shape index (κ2) is 5.27. The van der Waals surface area contributed by atoms with E-state index in [0.717, 1.165) is 5.56 Å². The first kappa shape index (κ1) is 13.3. The first-order valence-corrected chi connectivity index (χ1v) is 6.48. The molecule has 19 heavy (non-hydrogen) atoms. The molecule has 7 nitrogen and oxygen atoms in total. The molecule has 1 amide bonds. The predicted molar refractivity (Wildman–Crippen MR) is 75.2 cm³/mol. The molecule has 0 spiro atoms. The van der Waals surface area contributed by atoms with Crippen LogP contribution in [-0.4, -0.2) is 34.8 Å². The summed E-state index contributed by atoms with van der Waals surface area (Å²) in [5.74, 6) is 0.0457. The van der Waals surface area contributed by atoms with Gasteiger partial charge in [0, 0.05) is 39.4 Å². The standard InChI is InChI=1S/C11H16N6OS/c1-16(2)11-15-9(12)8(19-11)10(18)13-4-7-5-14-17(3)6-7/h5-6H,4,12H2,1-3H3,(H,13,18). The summed E-state index contributed by atoms with van der Waals surface area (Å²) < 4.78 is 1.69. The zero-order valence-electron chi connectivity index (χ0n) is 11.0. The van der Waals surface area contributed by atoms with Crippen LogP contribution in [0.3, 0.4) is 0 Å². The van der Waals surface area contributed by atoms with Crippen LogP contribution in [0.1, 0.15) is 15.2 Å². The summed E-state index contributed by atoms with van der Waals surface area (Å²) in [6, 6.07) is 0. The Kier molecular flexibility index (Phi) is 3.70. The number of nitrogens with two attached hydrogens (primary N) is 1. The summed E-state index contributed by atoms with van der Waals surface area (Å²) in [7, 11) is 5.54. The largest absolute Gasteiger partial charge is 0.382 e. The van der Waals surface area contributed by atoms with E-state index in [2.05, 4.69) is 15.4 Å². The van der Waals surface area contributed by atoms with Gasteiger partial charge in [-0.15, -0.1) is 0 Å². The zero-order valence-corrected chi connectivity index (χ0v) is 11.9. The molecule has 0 aliphatic carbocycles. The summed E-state index contributed by atoms with van der Waals surface area (Å²) >= 11 is 1.27. The first-order valence-electron chi connectivity index (χ1n) is 5.66. The highest BCUT2D eigenvalue weighted by Crippen LogP contribution is 2.26. The Bertz CT molecular complexity index is 588. The molecule has 8 heteroatoms. The lowest BCUT2D eigenvalue weighted by atomic mass is 10.3. The van der Waals surface area contributed by atoms with E-state index in [4.69, 9.17) is 5.73 Å². The third kappa shape index (κ3) is 3.02. The van der Waals surface area contributed by atoms with Crippen molar-refractivity contribution >= 4 is 28.2 Å². The number of carbonyl (C=O) groups is 1. The number of thiazole rings is 1. The van der Waals surface area contributed by atoms with Crippen molar-refractivity contribution < 1.29 is 4.79 Å². The number of nitrogens with one attached hydrogen (secondary N) is 1. The Morgan fingerprint density at radius 1 is 1.58 bits per heavy atom. The molecule has 0 radical (unpaired) electrons. The van der Waals surface area contributed by atoms with Crippen molar-refractivity contribution in [1.82, 2.24) is 20.1 Å². The lowest BCUT2D eigenvalue weighted by molar-refractivity contribution is 0.0955. The molecule has 0 saturated heterocycles. The highest BCUT2D eigenvalue weighted by molar-refractivity contribution is 7.18. The van der Waals surface area contributed by atoms with E-state index in [1.54, 1.807) is 10.9 Å². The average Bonchev–Trinajstić information content (AvgIpc) is 2.92. The topological polar surface area (TPSA) is 89.1 Å². The van der Waals surface area contributed by atoms with Crippen molar-refractivity contribution in [2.24, 2.45) is 7.05 Å². The number of aromatic nitrogens is 3. The average molecular weight is 280 g/mol. The third-order valence-corrected chi connectivity index (χ3v) is 3.68. The number of anilines is 2. The van der Waals surface area contributed by atoms with Crippen LogP contribution >= 0.6 is 11.3 Å². The fourth-order valence-electron chi connectivity index (χ4n) is 1.50. The highest BCUT2D eigenvalue weighted by Gasteiger charge is 2.16. The molecule has 0 aromatic carbocycles. The Hall–Kier alpha value is -2.09. The quantitative estimate of drug-likeness (QED) is 0.849. The molecule has 0 bridgehead atoms. The van der Waals surface area contributed by atoms with E-state index in [0.29, 0.717) is 16.6 Å². The van der Waals surface area contributed by atoms with Gasteiger partial charge in [-0.25, -0.2) is 4.98 Å². The maximum Gasteiger partial charge on any atom is 0.265 e. The molecular formula is C11H16N6OS. The van der Waals surface area contributed by atoms with Crippen molar-refractivity contribution in [3.05, 3.63) is 22.8 Å². The summed E-state index contributed by atoms with van der Waals surface area (Å²) in [5, 5.41) is 7.55. The molecule has 0 aliphatic heterocycles. The minimum Gasteiger partial charge on any atom is -0.382 e. The summed E-state index contributed by atoms with van der Waals surface area (Å²) in [6.45, 7) is 0.418. The SMILES string of the molecule is CN(C)c1nc(N)c(C(=O)NCc2cnn(C)c2)s1. The van der Waals surface area contributed by atoms with E-state index in [1.807, 2.05) is 32.2 Å². The second-order valence-corrected chi connectivity index (χ2v) is 5.29. The number of nitrogens with zero attached hydrogens (tertiary/aromatic N) is 4. The molecule has 2 aromatic heterocycles. The van der Waals surface area contributed by atoms with Gasteiger partial charge >= 0.3 is 0 Å². The first-order chi connectivity index (χ1) is 8.97. The van der Waals surface area contributed by atoms with Crippen LogP contribution in [0.2, 0.25) is 0 Å². The number of amides is 1. The molecule has 2 heterocycles. The number of nitrogen functional groups attached to an aromatic ring is 1. The molecule has 102 valence electrons. The summed E-state index contributed by atoms with van der Waals surface area (Å²) in [5.41, 5.74) is 6.69. The fraction of sp³-hybridized carbons (Fsp3) is 0.364. The predicted octanol–water partition coefficient (Wildman–Crippen LogP) is 0.455. The molecular weight excluding hydrogens is 264 g/mol. The maximum absolute atomic E-state index is 12.0. The maximum atomic E-state index is 12.0. The normalized spacial score (nSPS) is 10.5. The van der Waals surface area contributed by atoms with Gasteiger partial charge in [-0.2, -0.15) is 5.10 Å². The lowest BCUT2D eigenvalue weighted by Crippen LogP contribution is -2.22. The van der Waals surface area contributed by atoms with E-state index >= 15 is 0 Å². The van der Waals surface area contributed by atoms with Crippen molar-refractivity contribution in [3.8, 4) is 0 Å². The van der Waals surface area contributed by atoms with Crippen LogP contribution in [0.15, 0.2) is 12.4 Å². The van der Waals surface area contributed by atoms with Gasteiger partial charge in [0.05, 0.1) is 6.20 Å². The van der Waals surface area contributed by atoms with Crippen molar-refractivity contribution in [3.63, 3.8) is 0 Å². The minimum atomic E-state index is -0.216. The van der Waals surface area contributed by atoms with E-state index < -0.39 is 0 Å². The number of hydrogen-bond acceptors (Lipinski definition) is 6. The smallest absolute Gasteiger partial charge is 0.265 e. The van der Waals surface area contributed by atoms with Gasteiger partial charge in [0.15, 0.2) is 5.13 Å². The van der Waals surface area contributed by atoms with Gasteiger partial charge in [-0.1, -0.05) is 11.3 Å². The van der Waals surface area contributed by atoms with Gasteiger partial charge in [0.25, 0.3) is 5.91 Å². The number of rotatable bonds is 4. The Morgan fingerprint density at radius 2 is 2.32 bits per heavy atom. The Morgan fingerprint density at radius 3 is 2.84 bits per heavy atom. The molecule has 0 atom stereocenters. The monoisotopic (exact) mass is 280 g/mol. The van der Waals surface area contributed by atoms with Crippen LogP contribution in [0, 0.1) is 0 Å². The minimum absolute atomic E-state index is 0.216. The van der Waals surface area contributed by atoms with Crippen molar-refractivity contribution in [1.29, 1.82) is 0 Å². The molecule has 0 unspecified atom stereocenters. The molecule has 0 saturated carbocycles. The highest BCUT2D eigenvalue weighted by atomic mass is 32.1. The van der Waals surface area contributed by atoms with Crippen LogP contribution in [-0.2, 0) is 13.6 Å². The number of carbonyl (C=O) groups excluding carboxylic acids is 1. The second-order valence-electron chi connectivity index (χ2n) is 4.31. The van der Waals surface area contributed by atoms with Crippen LogP contribution in [0.25, 0.3) is 0 Å². The fourth-order valence-corrected chi connectivity index (χ4v) is 2.32. The van der Waals surface area contributed by atoms with Crippen LogP contribution in [0.4, 0.5) is 10.9 Å². The zero-order chi connectivity index (χ0) is 14.0. The molecule has 3 N–H and O–H groups in total. The van der Waals surface area contributed by atoms with Gasteiger partial charge in [0.1, 0.15) is 10.7 Å². The molecule has 2 rings (SSSR count). The van der Waals surface area contributed by atoms with Crippen molar-refractivity contribution in [2.45, 2.75) is 6.54 Å². The summed E-state index contributed by atoms with van der Waals surface area (Å²) in [4.78, 5) is 18.4. The van der Waals surface area contributed by atoms with Gasteiger partial charge in [0.2, 0.25) is 0 Å². The van der Waals surface area contributed by atoms with Gasteiger partial charge in [-0.3, -0.25) is 9.48 Å². The van der Waals surface area contributed by atoms with Crippen LogP contribution in [0.5, 0.6) is 0 Å². The number of hydrogen-bond donors (Lipinski definition) is 2. The summed E-state index contributed by atoms with van der Waals surface area (Å²) in [6.07, 6.45) is 3.56. The molecule has 0 fully saturated rings. The molecule has 2 aromatic rings. The van der Waals surface area contributed by atoms with Crippen molar-refractivity contribution in [2.75, 3.05) is 24.7 Å². The number of aryl methyl sites for hydroxylation is 1. The van der Waals surface area contributed by atoms with E-state index in [1.165, 1.54) is 11.3 Å². The van der Waals surface area contributed by atoms with Crippen LogP contribution < -0.4 is 16.0 Å². The third-order valence-electron chi connectivity index (χ3n) is 2.44. The molecule has 0 aliphatic rings. The lowest BCUT2D eigenvalue weighted by Gasteiger charge is -2.05. The van der Waals surface area contributed by atoms with Gasteiger partial charge < -0.3 is 16.0 Å². The van der Waals surface area contributed by atoms with E-state index in [-0.39, 0.29) is 11.7 Å². The van der Waals surface area contributed by atoms with E-state index in [9.17, 15) is 4.79 Å². The van der Waals surface area contributed by atoms with Gasteiger partial charge in [-0.05, 0) is 0 Å². The Balaban J connectivity index is 2.03.